The topological polar surface area (TPSA) is 98.2 Å². The van der Waals surface area contributed by atoms with E-state index in [1.165, 1.54) is 6.21 Å². The first-order chi connectivity index (χ1) is 11.2. The van der Waals surface area contributed by atoms with Crippen LogP contribution in [-0.2, 0) is 14.3 Å². The van der Waals surface area contributed by atoms with Gasteiger partial charge in [0.2, 0.25) is 6.79 Å². The normalized spacial score (nSPS) is 19.0. The number of hydrogen-bond acceptors (Lipinski definition) is 6. The van der Waals surface area contributed by atoms with E-state index in [-0.39, 0.29) is 12.9 Å². The molecule has 1 fully saturated rings. The molecule has 8 nitrogen and oxygen atoms in total. The number of nitrogens with one attached hydrogen (secondary N) is 2. The SMILES string of the molecule is O=C(NC[C@H]1CCCO1)C(=O)N/N=C/c1ccc2c(c1)OCO2. The Morgan fingerprint density at radius 3 is 2.96 bits per heavy atom. The molecule has 1 atom stereocenters. The van der Waals surface area contributed by atoms with Crippen molar-refractivity contribution in [3.05, 3.63) is 23.8 Å². The minimum absolute atomic E-state index is 0.0103. The van der Waals surface area contributed by atoms with Crippen LogP contribution < -0.4 is 20.2 Å². The second-order valence-corrected chi connectivity index (χ2v) is 5.16. The van der Waals surface area contributed by atoms with Crippen LogP contribution in [0.5, 0.6) is 11.5 Å². The first-order valence-electron chi connectivity index (χ1n) is 7.35. The summed E-state index contributed by atoms with van der Waals surface area (Å²) in [7, 11) is 0. The number of benzene rings is 1. The van der Waals surface area contributed by atoms with E-state index in [0.29, 0.717) is 30.2 Å². The predicted molar refractivity (Wildman–Crippen MR) is 80.3 cm³/mol. The minimum atomic E-state index is -0.819. The summed E-state index contributed by atoms with van der Waals surface area (Å²) in [6, 6.07) is 5.25. The number of ether oxygens (including phenoxy) is 3. The number of hydrazone groups is 1. The molecule has 1 saturated heterocycles. The number of hydrogen-bond donors (Lipinski definition) is 2. The van der Waals surface area contributed by atoms with Crippen LogP contribution in [0.2, 0.25) is 0 Å². The van der Waals surface area contributed by atoms with Crippen molar-refractivity contribution in [2.45, 2.75) is 18.9 Å². The number of carbonyl (C=O) groups is 2. The molecule has 2 aliphatic heterocycles. The van der Waals surface area contributed by atoms with Crippen molar-refractivity contribution in [2.24, 2.45) is 5.10 Å². The number of rotatable bonds is 4. The van der Waals surface area contributed by atoms with Crippen LogP contribution in [0.25, 0.3) is 0 Å². The van der Waals surface area contributed by atoms with E-state index in [9.17, 15) is 9.59 Å². The molecule has 8 heteroatoms. The maximum absolute atomic E-state index is 11.6. The molecule has 0 unspecified atom stereocenters. The Morgan fingerprint density at radius 1 is 1.26 bits per heavy atom. The highest BCUT2D eigenvalue weighted by Gasteiger charge is 2.19. The van der Waals surface area contributed by atoms with Crippen molar-refractivity contribution in [1.82, 2.24) is 10.7 Å². The largest absolute Gasteiger partial charge is 0.454 e. The molecule has 122 valence electrons. The Balaban J connectivity index is 1.45. The molecule has 0 saturated carbocycles. The van der Waals surface area contributed by atoms with Crippen LogP contribution in [0.1, 0.15) is 18.4 Å². The predicted octanol–water partition coefficient (Wildman–Crippen LogP) is 0.161. The molecule has 0 aromatic heterocycles. The first-order valence-corrected chi connectivity index (χ1v) is 7.35. The molecule has 2 amide bonds. The lowest BCUT2D eigenvalue weighted by molar-refractivity contribution is -0.139. The lowest BCUT2D eigenvalue weighted by atomic mass is 10.2. The quantitative estimate of drug-likeness (QED) is 0.468. The third kappa shape index (κ3) is 3.98. The minimum Gasteiger partial charge on any atom is -0.454 e. The Hall–Kier alpha value is -2.61. The standard InChI is InChI=1S/C15H17N3O5/c19-14(16-8-11-2-1-5-21-11)15(20)18-17-7-10-3-4-12-13(6-10)23-9-22-12/h3-4,6-7,11H,1-2,5,8-9H2,(H,16,19)(H,18,20)/b17-7+/t11-/m1/s1. The molecule has 1 aromatic carbocycles. The van der Waals surface area contributed by atoms with E-state index in [1.807, 2.05) is 0 Å². The highest BCUT2D eigenvalue weighted by molar-refractivity contribution is 6.35. The summed E-state index contributed by atoms with van der Waals surface area (Å²) >= 11 is 0. The maximum atomic E-state index is 11.6. The number of fused-ring (bicyclic) bond motifs is 1. The molecule has 0 aliphatic carbocycles. The lowest BCUT2D eigenvalue weighted by Crippen LogP contribution is -2.41. The van der Waals surface area contributed by atoms with Gasteiger partial charge in [-0.1, -0.05) is 0 Å². The molecule has 2 heterocycles. The second-order valence-electron chi connectivity index (χ2n) is 5.16. The van der Waals surface area contributed by atoms with E-state index in [1.54, 1.807) is 18.2 Å². The summed E-state index contributed by atoms with van der Waals surface area (Å²) < 4.78 is 15.8. The van der Waals surface area contributed by atoms with Gasteiger partial charge in [0.25, 0.3) is 0 Å². The molecule has 0 radical (unpaired) electrons. The van der Waals surface area contributed by atoms with Gasteiger partial charge in [-0.2, -0.15) is 5.10 Å². The third-order valence-electron chi connectivity index (χ3n) is 3.50. The van der Waals surface area contributed by atoms with Crippen LogP contribution in [0.15, 0.2) is 23.3 Å². The maximum Gasteiger partial charge on any atom is 0.329 e. The molecule has 3 rings (SSSR count). The van der Waals surface area contributed by atoms with Crippen LogP contribution >= 0.6 is 0 Å². The van der Waals surface area contributed by atoms with Gasteiger partial charge < -0.3 is 19.5 Å². The van der Waals surface area contributed by atoms with E-state index in [0.717, 1.165) is 12.8 Å². The molecular weight excluding hydrogens is 302 g/mol. The third-order valence-corrected chi connectivity index (χ3v) is 3.50. The van der Waals surface area contributed by atoms with Gasteiger partial charge in [-0.3, -0.25) is 9.59 Å². The first kappa shape index (κ1) is 15.3. The number of nitrogens with zero attached hydrogens (tertiary/aromatic N) is 1. The molecule has 2 aliphatic rings. The van der Waals surface area contributed by atoms with E-state index < -0.39 is 11.8 Å². The fourth-order valence-corrected chi connectivity index (χ4v) is 2.30. The highest BCUT2D eigenvalue weighted by atomic mass is 16.7. The molecule has 0 spiro atoms. The lowest BCUT2D eigenvalue weighted by Gasteiger charge is -2.09. The summed E-state index contributed by atoms with van der Waals surface area (Å²) in [5.74, 6) is -0.266. The van der Waals surface area contributed by atoms with Gasteiger partial charge in [-0.05, 0) is 36.6 Å². The average molecular weight is 319 g/mol. The van der Waals surface area contributed by atoms with Crippen LogP contribution in [0.4, 0.5) is 0 Å². The highest BCUT2D eigenvalue weighted by Crippen LogP contribution is 2.31. The zero-order valence-electron chi connectivity index (χ0n) is 12.4. The zero-order chi connectivity index (χ0) is 16.1. The van der Waals surface area contributed by atoms with Crippen molar-refractivity contribution >= 4 is 18.0 Å². The van der Waals surface area contributed by atoms with Crippen molar-refractivity contribution < 1.29 is 23.8 Å². The van der Waals surface area contributed by atoms with Gasteiger partial charge in [0, 0.05) is 13.2 Å². The Kier molecular flexibility index (Phi) is 4.72. The molecule has 2 N–H and O–H groups in total. The summed E-state index contributed by atoms with van der Waals surface area (Å²) in [5.41, 5.74) is 2.90. The van der Waals surface area contributed by atoms with Crippen molar-refractivity contribution in [3.8, 4) is 11.5 Å². The van der Waals surface area contributed by atoms with Gasteiger partial charge in [-0.15, -0.1) is 0 Å². The summed E-state index contributed by atoms with van der Waals surface area (Å²) in [6.45, 7) is 1.22. The summed E-state index contributed by atoms with van der Waals surface area (Å²) in [4.78, 5) is 23.2. The van der Waals surface area contributed by atoms with E-state index in [4.69, 9.17) is 14.2 Å². The zero-order valence-corrected chi connectivity index (χ0v) is 12.4. The molecule has 23 heavy (non-hydrogen) atoms. The van der Waals surface area contributed by atoms with Gasteiger partial charge in [0.15, 0.2) is 11.5 Å². The Morgan fingerprint density at radius 2 is 2.13 bits per heavy atom. The summed E-state index contributed by atoms with van der Waals surface area (Å²) in [6.07, 6.45) is 3.29. The Bertz CT molecular complexity index is 626. The van der Waals surface area contributed by atoms with Gasteiger partial charge in [-0.25, -0.2) is 5.43 Å². The monoisotopic (exact) mass is 319 g/mol. The fourth-order valence-electron chi connectivity index (χ4n) is 2.30. The second kappa shape index (κ2) is 7.10. The number of amides is 2. The van der Waals surface area contributed by atoms with E-state index in [2.05, 4.69) is 15.8 Å². The number of carbonyl (C=O) groups excluding carboxylic acids is 2. The van der Waals surface area contributed by atoms with Crippen molar-refractivity contribution in [1.29, 1.82) is 0 Å². The van der Waals surface area contributed by atoms with Crippen molar-refractivity contribution in [3.63, 3.8) is 0 Å². The molecule has 1 aromatic rings. The van der Waals surface area contributed by atoms with Gasteiger partial charge in [0.05, 0.1) is 12.3 Å². The van der Waals surface area contributed by atoms with Crippen molar-refractivity contribution in [2.75, 3.05) is 19.9 Å². The smallest absolute Gasteiger partial charge is 0.329 e. The van der Waals surface area contributed by atoms with Crippen LogP contribution in [0, 0.1) is 0 Å². The van der Waals surface area contributed by atoms with Crippen LogP contribution in [0.3, 0.4) is 0 Å². The average Bonchev–Trinajstić information content (AvgIpc) is 3.23. The van der Waals surface area contributed by atoms with Gasteiger partial charge >= 0.3 is 11.8 Å². The molecular formula is C15H17N3O5. The fraction of sp³-hybridized carbons (Fsp3) is 0.400. The van der Waals surface area contributed by atoms with Gasteiger partial charge in [0.1, 0.15) is 0 Å². The van der Waals surface area contributed by atoms with E-state index >= 15 is 0 Å². The Labute approximate surface area is 132 Å². The summed E-state index contributed by atoms with van der Waals surface area (Å²) in [5, 5.41) is 6.28. The van der Waals surface area contributed by atoms with Crippen LogP contribution in [-0.4, -0.2) is 44.1 Å². The molecule has 0 bridgehead atoms.